The van der Waals surface area contributed by atoms with Crippen LogP contribution in [0.15, 0.2) is 22.4 Å². The van der Waals surface area contributed by atoms with Gasteiger partial charge in [-0.2, -0.15) is 14.8 Å². The van der Waals surface area contributed by atoms with Crippen molar-refractivity contribution in [1.29, 1.82) is 10.5 Å². The number of carbonyl (C=O) groups excluding carboxylic acids is 1. The Balaban J connectivity index is 1.43. The Kier molecular flexibility index (Phi) is 7.74. The summed E-state index contributed by atoms with van der Waals surface area (Å²) in [6, 6.07) is 9.17. The number of thiophene rings is 1. The number of fused-ring (bicyclic) bond motifs is 2. The van der Waals surface area contributed by atoms with E-state index >= 15 is 0 Å². The van der Waals surface area contributed by atoms with Crippen LogP contribution in [0.25, 0.3) is 10.1 Å². The molecule has 1 fully saturated rings. The van der Waals surface area contributed by atoms with E-state index in [2.05, 4.69) is 29.4 Å². The Morgan fingerprint density at radius 2 is 2.08 bits per heavy atom. The van der Waals surface area contributed by atoms with Gasteiger partial charge in [0.05, 0.1) is 24.3 Å². The van der Waals surface area contributed by atoms with E-state index in [0.717, 1.165) is 28.3 Å². The highest BCUT2D eigenvalue weighted by Crippen LogP contribution is 2.38. The van der Waals surface area contributed by atoms with Crippen molar-refractivity contribution in [2.45, 2.75) is 55.4 Å². The minimum atomic E-state index is -3.95. The summed E-state index contributed by atoms with van der Waals surface area (Å²) in [7, 11) is -3.95. The van der Waals surface area contributed by atoms with Crippen molar-refractivity contribution in [1.82, 2.24) is 19.5 Å². The molecule has 2 aromatic heterocycles. The maximum atomic E-state index is 13.9. The second-order valence-corrected chi connectivity index (χ2v) is 14.1. The zero-order valence-electron chi connectivity index (χ0n) is 20.6. The molecule has 1 saturated heterocycles. The molecular formula is C25H25ClN6O3S3. The first-order valence-corrected chi connectivity index (χ1v) is 15.7. The lowest BCUT2D eigenvalue weighted by atomic mass is 10.1. The van der Waals surface area contributed by atoms with Gasteiger partial charge in [0.2, 0.25) is 0 Å². The molecule has 38 heavy (non-hydrogen) atoms. The highest BCUT2D eigenvalue weighted by molar-refractivity contribution is 7.91. The van der Waals surface area contributed by atoms with Crippen LogP contribution in [0, 0.1) is 22.7 Å². The van der Waals surface area contributed by atoms with Crippen molar-refractivity contribution in [3.63, 3.8) is 0 Å². The largest absolute Gasteiger partial charge is 0.331 e. The molecule has 1 aromatic carbocycles. The van der Waals surface area contributed by atoms with Crippen LogP contribution in [0.3, 0.4) is 0 Å². The van der Waals surface area contributed by atoms with E-state index in [1.807, 2.05) is 0 Å². The number of amides is 1. The molecule has 1 N–H and O–H groups in total. The molecule has 0 saturated carbocycles. The number of hydrogen-bond donors (Lipinski definition) is 1. The summed E-state index contributed by atoms with van der Waals surface area (Å²) in [6.07, 6.45) is 1.26. The second-order valence-electron chi connectivity index (χ2n) is 9.43. The third kappa shape index (κ3) is 5.05. The van der Waals surface area contributed by atoms with E-state index in [0.29, 0.717) is 44.7 Å². The number of nitrogens with one attached hydrogen (secondary N) is 1. The molecule has 0 aliphatic carbocycles. The summed E-state index contributed by atoms with van der Waals surface area (Å²) in [6.45, 7) is 3.13. The fourth-order valence-corrected chi connectivity index (χ4v) is 9.64. The lowest BCUT2D eigenvalue weighted by molar-refractivity contribution is 0.0552. The van der Waals surface area contributed by atoms with Crippen molar-refractivity contribution in [3.8, 4) is 12.1 Å². The summed E-state index contributed by atoms with van der Waals surface area (Å²) in [4.78, 5) is 20.9. The molecule has 2 aliphatic rings. The highest BCUT2D eigenvalue weighted by atomic mass is 35.5. The van der Waals surface area contributed by atoms with Crippen LogP contribution in [-0.4, -0.2) is 60.2 Å². The molecule has 2 unspecified atom stereocenters. The molecule has 2 atom stereocenters. The van der Waals surface area contributed by atoms with Crippen molar-refractivity contribution in [2.75, 3.05) is 19.6 Å². The van der Waals surface area contributed by atoms with Crippen LogP contribution in [0.4, 0.5) is 0 Å². The van der Waals surface area contributed by atoms with Crippen LogP contribution in [0.1, 0.15) is 45.7 Å². The van der Waals surface area contributed by atoms with Gasteiger partial charge < -0.3 is 10.2 Å². The van der Waals surface area contributed by atoms with Crippen molar-refractivity contribution >= 4 is 60.3 Å². The number of nitrogens with zero attached hydrogens (tertiary/aromatic N) is 5. The fourth-order valence-electron chi connectivity index (χ4n) is 4.99. The molecule has 1 amide bonds. The van der Waals surface area contributed by atoms with Crippen molar-refractivity contribution in [3.05, 3.63) is 44.4 Å². The second kappa shape index (κ2) is 10.9. The Bertz CT molecular complexity index is 1590. The molecule has 5 rings (SSSR count). The fraction of sp³-hybridized carbons (Fsp3) is 0.440. The molecular weight excluding hydrogens is 564 g/mol. The molecule has 198 valence electrons. The molecule has 0 radical (unpaired) electrons. The maximum absolute atomic E-state index is 13.9. The van der Waals surface area contributed by atoms with Crippen LogP contribution in [0.5, 0.6) is 0 Å². The quantitative estimate of drug-likeness (QED) is 0.461. The third-order valence-electron chi connectivity index (χ3n) is 6.92. The van der Waals surface area contributed by atoms with E-state index in [1.54, 1.807) is 23.1 Å². The number of thiazole rings is 1. The standard InChI is InChI=1S/C25H25ClN6O3S3/c1-15-11-20-22(13-29-15)36-23(30-20)24(33)32-10-9-31(14-17(32)3-2-7-27)38(34,35)25-19(6-8-28)18-5-4-16(26)12-21(18)37-25/h4-5,12,15,17,29H,2-3,6,9-11,13-14H2,1H3. The van der Waals surface area contributed by atoms with Crippen LogP contribution < -0.4 is 5.32 Å². The van der Waals surface area contributed by atoms with Gasteiger partial charge in [-0.1, -0.05) is 17.7 Å². The summed E-state index contributed by atoms with van der Waals surface area (Å²) in [5.41, 5.74) is 1.40. The first-order valence-electron chi connectivity index (χ1n) is 12.2. The molecule has 9 nitrogen and oxygen atoms in total. The Morgan fingerprint density at radius 3 is 2.84 bits per heavy atom. The zero-order chi connectivity index (χ0) is 27.0. The van der Waals surface area contributed by atoms with Gasteiger partial charge in [-0.15, -0.1) is 22.7 Å². The van der Waals surface area contributed by atoms with Gasteiger partial charge in [0.25, 0.3) is 15.9 Å². The van der Waals surface area contributed by atoms with Gasteiger partial charge in [0.1, 0.15) is 4.21 Å². The third-order valence-corrected chi connectivity index (χ3v) is 11.8. The molecule has 3 aromatic rings. The molecule has 2 aliphatic heterocycles. The first-order chi connectivity index (χ1) is 18.2. The summed E-state index contributed by atoms with van der Waals surface area (Å²) in [5, 5.41) is 23.6. The first kappa shape index (κ1) is 27.0. The van der Waals surface area contributed by atoms with E-state index in [9.17, 15) is 23.7 Å². The molecule has 0 spiro atoms. The molecule has 13 heteroatoms. The smallest absolute Gasteiger partial charge is 0.283 e. The van der Waals surface area contributed by atoms with Crippen LogP contribution >= 0.6 is 34.3 Å². The van der Waals surface area contributed by atoms with E-state index in [4.69, 9.17) is 11.6 Å². The topological polar surface area (TPSA) is 130 Å². The normalized spacial score (nSPS) is 20.2. The highest BCUT2D eigenvalue weighted by Gasteiger charge is 2.39. The van der Waals surface area contributed by atoms with Gasteiger partial charge in [-0.05, 0) is 30.9 Å². The minimum absolute atomic E-state index is 0.0469. The lowest BCUT2D eigenvalue weighted by Crippen LogP contribution is -2.56. The van der Waals surface area contributed by atoms with E-state index in [-0.39, 0.29) is 42.6 Å². The number of benzene rings is 1. The predicted molar refractivity (Wildman–Crippen MR) is 147 cm³/mol. The maximum Gasteiger partial charge on any atom is 0.283 e. The molecule has 0 bridgehead atoms. The average Bonchev–Trinajstić information content (AvgIpc) is 3.48. The van der Waals surface area contributed by atoms with Gasteiger partial charge in [-0.3, -0.25) is 4.79 Å². The predicted octanol–water partition coefficient (Wildman–Crippen LogP) is 3.93. The Hall–Kier alpha value is -2.58. The van der Waals surface area contributed by atoms with Crippen LogP contribution in [0.2, 0.25) is 5.02 Å². The zero-order valence-corrected chi connectivity index (χ0v) is 23.8. The Morgan fingerprint density at radius 1 is 1.26 bits per heavy atom. The number of aromatic nitrogens is 1. The average molecular weight is 589 g/mol. The van der Waals surface area contributed by atoms with E-state index < -0.39 is 16.1 Å². The Labute approximate surface area is 234 Å². The molecule has 4 heterocycles. The van der Waals surface area contributed by atoms with Crippen LogP contribution in [-0.2, 0) is 29.4 Å². The van der Waals surface area contributed by atoms with E-state index in [1.165, 1.54) is 15.6 Å². The van der Waals surface area contributed by atoms with Gasteiger partial charge in [0, 0.05) is 71.3 Å². The van der Waals surface area contributed by atoms with Crippen molar-refractivity contribution < 1.29 is 13.2 Å². The van der Waals surface area contributed by atoms with Crippen molar-refractivity contribution in [2.24, 2.45) is 0 Å². The number of piperazine rings is 1. The van der Waals surface area contributed by atoms with Gasteiger partial charge >= 0.3 is 0 Å². The SMILES string of the molecule is CC1Cc2nc(C(=O)N3CCN(S(=O)(=O)c4sc5cc(Cl)ccc5c4CC#N)CC3CCC#N)sc2CN1. The van der Waals surface area contributed by atoms with Gasteiger partial charge in [0.15, 0.2) is 5.01 Å². The van der Waals surface area contributed by atoms with Gasteiger partial charge in [-0.25, -0.2) is 13.4 Å². The monoisotopic (exact) mass is 588 g/mol. The summed E-state index contributed by atoms with van der Waals surface area (Å²) >= 11 is 8.62. The lowest BCUT2D eigenvalue weighted by Gasteiger charge is -2.40. The number of nitriles is 2. The number of sulfonamides is 1. The minimum Gasteiger partial charge on any atom is -0.331 e. The number of rotatable bonds is 6. The number of halogens is 1. The number of hydrogen-bond acceptors (Lipinski definition) is 9. The summed E-state index contributed by atoms with van der Waals surface area (Å²) < 4.78 is 30.0. The number of carbonyl (C=O) groups is 1. The summed E-state index contributed by atoms with van der Waals surface area (Å²) in [5.74, 6) is -0.223.